The third-order valence-electron chi connectivity index (χ3n) is 4.95. The van der Waals surface area contributed by atoms with Crippen molar-refractivity contribution in [3.63, 3.8) is 0 Å². The van der Waals surface area contributed by atoms with E-state index in [1.54, 1.807) is 36.3 Å². The molecule has 0 bridgehead atoms. The lowest BCUT2D eigenvalue weighted by Gasteiger charge is -2.11. The van der Waals surface area contributed by atoms with Gasteiger partial charge >= 0.3 is 0 Å². The van der Waals surface area contributed by atoms with Crippen molar-refractivity contribution in [3.05, 3.63) is 89.0 Å². The Balaban J connectivity index is 1.73. The van der Waals surface area contributed by atoms with Crippen molar-refractivity contribution < 1.29 is 9.18 Å². The van der Waals surface area contributed by atoms with Gasteiger partial charge in [0.15, 0.2) is 0 Å². The number of carbonyl (C=O) groups excluding carboxylic acids is 1. The molecule has 1 N–H and O–H groups in total. The number of pyridine rings is 1. The van der Waals surface area contributed by atoms with Crippen LogP contribution in [0.4, 0.5) is 10.2 Å². The number of rotatable bonds is 5. The zero-order chi connectivity index (χ0) is 22.0. The van der Waals surface area contributed by atoms with Gasteiger partial charge in [-0.15, -0.1) is 0 Å². The molecule has 1 amide bonds. The quantitative estimate of drug-likeness (QED) is 0.455. The van der Waals surface area contributed by atoms with E-state index in [0.29, 0.717) is 16.5 Å². The molecular formula is C24H20ClFN4O. The molecule has 2 aromatic carbocycles. The Morgan fingerprint density at radius 2 is 1.77 bits per heavy atom. The van der Waals surface area contributed by atoms with Crippen LogP contribution in [0, 0.1) is 12.7 Å². The minimum atomic E-state index is -0.325. The van der Waals surface area contributed by atoms with Gasteiger partial charge in [0.25, 0.3) is 0 Å². The first kappa shape index (κ1) is 20.8. The number of aryl methyl sites for hydroxylation is 2. The molecule has 31 heavy (non-hydrogen) atoms. The maximum atomic E-state index is 13.4. The van der Waals surface area contributed by atoms with E-state index < -0.39 is 0 Å². The van der Waals surface area contributed by atoms with Gasteiger partial charge in [0.2, 0.25) is 5.91 Å². The molecular weight excluding hydrogens is 415 g/mol. The Labute approximate surface area is 184 Å². The normalized spacial score (nSPS) is 10.8. The topological polar surface area (TPSA) is 59.8 Å². The van der Waals surface area contributed by atoms with Gasteiger partial charge < -0.3 is 5.32 Å². The summed E-state index contributed by atoms with van der Waals surface area (Å²) in [6.45, 7) is 1.95. The maximum absolute atomic E-state index is 13.4. The van der Waals surface area contributed by atoms with Gasteiger partial charge in [-0.1, -0.05) is 23.7 Å². The van der Waals surface area contributed by atoms with Crippen molar-refractivity contribution in [2.24, 2.45) is 7.05 Å². The number of anilines is 1. The molecule has 0 aliphatic rings. The lowest BCUT2D eigenvalue weighted by Crippen LogP contribution is -2.17. The monoisotopic (exact) mass is 434 g/mol. The van der Waals surface area contributed by atoms with E-state index in [0.717, 1.165) is 27.8 Å². The highest BCUT2D eigenvalue weighted by Crippen LogP contribution is 2.37. The third kappa shape index (κ3) is 4.49. The summed E-state index contributed by atoms with van der Waals surface area (Å²) in [5.74, 6) is 0.00196. The maximum Gasteiger partial charge on any atom is 0.230 e. The first-order valence-electron chi connectivity index (χ1n) is 9.70. The Bertz CT molecular complexity index is 1240. The lowest BCUT2D eigenvalue weighted by atomic mass is 10.0. The average Bonchev–Trinajstić information content (AvgIpc) is 3.07. The fourth-order valence-corrected chi connectivity index (χ4v) is 3.72. The van der Waals surface area contributed by atoms with Crippen LogP contribution in [0.3, 0.4) is 0 Å². The molecule has 0 fully saturated rings. The highest BCUT2D eigenvalue weighted by molar-refractivity contribution is 6.31. The van der Waals surface area contributed by atoms with E-state index in [4.69, 9.17) is 11.6 Å². The van der Waals surface area contributed by atoms with Crippen LogP contribution in [0.5, 0.6) is 0 Å². The zero-order valence-corrected chi connectivity index (χ0v) is 17.8. The van der Waals surface area contributed by atoms with Crippen LogP contribution in [0.25, 0.3) is 22.4 Å². The predicted molar refractivity (Wildman–Crippen MR) is 120 cm³/mol. The fraction of sp³-hybridized carbons (Fsp3) is 0.125. The van der Waals surface area contributed by atoms with Gasteiger partial charge in [0.05, 0.1) is 12.0 Å². The molecule has 2 heterocycles. The Hall–Kier alpha value is -3.51. The molecule has 0 spiro atoms. The molecule has 4 rings (SSSR count). The SMILES string of the molecule is Cc1ccc(CC(=O)Nc2c(-c3ccncc3)c(-c3ccc(F)cc3)nn2C)c(Cl)c1. The first-order valence-corrected chi connectivity index (χ1v) is 10.1. The fourth-order valence-electron chi connectivity index (χ4n) is 3.41. The van der Waals surface area contributed by atoms with Gasteiger partial charge in [-0.2, -0.15) is 5.10 Å². The summed E-state index contributed by atoms with van der Waals surface area (Å²) in [5, 5.41) is 8.14. The van der Waals surface area contributed by atoms with Gasteiger partial charge in [0.1, 0.15) is 17.3 Å². The van der Waals surface area contributed by atoms with Crippen molar-refractivity contribution in [3.8, 4) is 22.4 Å². The molecule has 0 atom stereocenters. The van der Waals surface area contributed by atoms with E-state index in [9.17, 15) is 9.18 Å². The van der Waals surface area contributed by atoms with Crippen LogP contribution in [0.2, 0.25) is 5.02 Å². The van der Waals surface area contributed by atoms with E-state index in [1.165, 1.54) is 12.1 Å². The first-order chi connectivity index (χ1) is 14.9. The van der Waals surface area contributed by atoms with Crippen molar-refractivity contribution in [2.45, 2.75) is 13.3 Å². The van der Waals surface area contributed by atoms with Crippen LogP contribution in [-0.2, 0) is 18.3 Å². The summed E-state index contributed by atoms with van der Waals surface area (Å²) >= 11 is 6.30. The van der Waals surface area contributed by atoms with Crippen LogP contribution in [0.1, 0.15) is 11.1 Å². The smallest absolute Gasteiger partial charge is 0.230 e. The highest BCUT2D eigenvalue weighted by Gasteiger charge is 2.21. The van der Waals surface area contributed by atoms with E-state index >= 15 is 0 Å². The van der Waals surface area contributed by atoms with Gasteiger partial charge in [-0.3, -0.25) is 14.5 Å². The molecule has 5 nitrogen and oxygen atoms in total. The van der Waals surface area contributed by atoms with Gasteiger partial charge in [-0.05, 0) is 66.1 Å². The molecule has 4 aromatic rings. The van der Waals surface area contributed by atoms with E-state index in [1.807, 2.05) is 37.3 Å². The summed E-state index contributed by atoms with van der Waals surface area (Å²) in [7, 11) is 1.76. The molecule has 156 valence electrons. The summed E-state index contributed by atoms with van der Waals surface area (Å²) in [6.07, 6.45) is 3.48. The van der Waals surface area contributed by atoms with E-state index in [2.05, 4.69) is 15.4 Å². The van der Waals surface area contributed by atoms with Crippen molar-refractivity contribution in [1.29, 1.82) is 0 Å². The van der Waals surface area contributed by atoms with E-state index in [-0.39, 0.29) is 18.1 Å². The summed E-state index contributed by atoms with van der Waals surface area (Å²) < 4.78 is 15.1. The molecule has 2 aromatic heterocycles. The second-order valence-corrected chi connectivity index (χ2v) is 7.67. The summed E-state index contributed by atoms with van der Waals surface area (Å²) in [6, 6.07) is 15.4. The number of carbonyl (C=O) groups is 1. The number of nitrogens with zero attached hydrogens (tertiary/aromatic N) is 3. The Morgan fingerprint density at radius 3 is 2.45 bits per heavy atom. The molecule has 0 aliphatic carbocycles. The van der Waals surface area contributed by atoms with Crippen LogP contribution >= 0.6 is 11.6 Å². The zero-order valence-electron chi connectivity index (χ0n) is 17.1. The number of hydrogen-bond acceptors (Lipinski definition) is 3. The molecule has 0 saturated carbocycles. The van der Waals surface area contributed by atoms with Crippen molar-refractivity contribution in [1.82, 2.24) is 14.8 Å². The number of aromatic nitrogens is 3. The largest absolute Gasteiger partial charge is 0.310 e. The summed E-state index contributed by atoms with van der Waals surface area (Å²) in [5.41, 5.74) is 4.73. The Morgan fingerprint density at radius 1 is 1.06 bits per heavy atom. The second-order valence-electron chi connectivity index (χ2n) is 7.26. The second kappa shape index (κ2) is 8.70. The standard InChI is InChI=1S/C24H20ClFN4O/c1-15-3-4-18(20(25)13-15)14-21(31)28-24-22(16-9-11-27-12-10-16)23(29-30(24)2)17-5-7-19(26)8-6-17/h3-13H,14H2,1-2H3,(H,28,31). The molecule has 0 saturated heterocycles. The third-order valence-corrected chi connectivity index (χ3v) is 5.30. The minimum absolute atomic E-state index is 0.131. The van der Waals surface area contributed by atoms with Crippen LogP contribution in [0.15, 0.2) is 67.0 Å². The van der Waals surface area contributed by atoms with Crippen LogP contribution in [-0.4, -0.2) is 20.7 Å². The van der Waals surface area contributed by atoms with Crippen molar-refractivity contribution in [2.75, 3.05) is 5.32 Å². The number of halogens is 2. The molecule has 0 aliphatic heterocycles. The van der Waals surface area contributed by atoms with Gasteiger partial charge in [-0.25, -0.2) is 4.39 Å². The highest BCUT2D eigenvalue weighted by atomic mass is 35.5. The number of amides is 1. The van der Waals surface area contributed by atoms with Crippen LogP contribution < -0.4 is 5.32 Å². The van der Waals surface area contributed by atoms with Gasteiger partial charge in [0, 0.05) is 30.0 Å². The number of hydrogen-bond donors (Lipinski definition) is 1. The predicted octanol–water partition coefficient (Wildman–Crippen LogP) is 5.43. The minimum Gasteiger partial charge on any atom is -0.310 e. The Kier molecular flexibility index (Phi) is 5.82. The van der Waals surface area contributed by atoms with Crippen molar-refractivity contribution >= 4 is 23.3 Å². The summed E-state index contributed by atoms with van der Waals surface area (Å²) in [4.78, 5) is 16.9. The average molecular weight is 435 g/mol. The molecule has 0 unspecified atom stereocenters. The lowest BCUT2D eigenvalue weighted by molar-refractivity contribution is -0.115. The number of nitrogens with one attached hydrogen (secondary N) is 1. The molecule has 0 radical (unpaired) electrons. The number of benzene rings is 2. The molecule has 7 heteroatoms.